The fraction of sp³-hybridized carbons (Fsp3) is 0.467. The van der Waals surface area contributed by atoms with Crippen LogP contribution in [0.3, 0.4) is 0 Å². The normalized spacial score (nSPS) is 13.3. The maximum absolute atomic E-state index is 5.77. The zero-order chi connectivity index (χ0) is 13.0. The first kappa shape index (κ1) is 13.1. The first-order chi connectivity index (χ1) is 8.72. The van der Waals surface area contributed by atoms with Gasteiger partial charge in [-0.3, -0.25) is 0 Å². The van der Waals surface area contributed by atoms with Gasteiger partial charge < -0.3 is 15.5 Å². The average Bonchev–Trinajstić information content (AvgIpc) is 2.78. The van der Waals surface area contributed by atoms with Crippen molar-refractivity contribution in [1.29, 1.82) is 0 Å². The summed E-state index contributed by atoms with van der Waals surface area (Å²) in [6, 6.07) is 8.12. The van der Waals surface area contributed by atoms with E-state index in [9.17, 15) is 0 Å². The minimum atomic E-state index is 0.531. The number of nitrogens with two attached hydrogens (primary N) is 1. The van der Waals surface area contributed by atoms with Crippen molar-refractivity contribution in [2.45, 2.75) is 20.4 Å². The average molecular weight is 246 g/mol. The van der Waals surface area contributed by atoms with Gasteiger partial charge in [0.25, 0.3) is 0 Å². The molecule has 1 aromatic carbocycles. The van der Waals surface area contributed by atoms with Crippen LogP contribution in [-0.4, -0.2) is 13.1 Å². The third kappa shape index (κ3) is 2.92. The SMILES string of the molecule is CC(C)C(CN)CNCc1coc2ccccc12. The molecule has 2 aromatic rings. The Kier molecular flexibility index (Phi) is 4.39. The van der Waals surface area contributed by atoms with E-state index in [2.05, 4.69) is 25.2 Å². The van der Waals surface area contributed by atoms with Crippen LogP contribution in [0.25, 0.3) is 11.0 Å². The molecule has 0 spiro atoms. The van der Waals surface area contributed by atoms with Gasteiger partial charge in [0.2, 0.25) is 0 Å². The molecule has 0 radical (unpaired) electrons. The van der Waals surface area contributed by atoms with Gasteiger partial charge in [0, 0.05) is 17.5 Å². The van der Waals surface area contributed by atoms with Crippen molar-refractivity contribution in [1.82, 2.24) is 5.32 Å². The lowest BCUT2D eigenvalue weighted by molar-refractivity contribution is 0.370. The van der Waals surface area contributed by atoms with Crippen molar-refractivity contribution < 1.29 is 4.42 Å². The van der Waals surface area contributed by atoms with Gasteiger partial charge in [0.05, 0.1) is 6.26 Å². The topological polar surface area (TPSA) is 51.2 Å². The molecule has 0 aliphatic rings. The largest absolute Gasteiger partial charge is 0.464 e. The highest BCUT2D eigenvalue weighted by Crippen LogP contribution is 2.20. The Balaban J connectivity index is 1.94. The van der Waals surface area contributed by atoms with Crippen LogP contribution in [-0.2, 0) is 6.54 Å². The predicted molar refractivity (Wildman–Crippen MR) is 75.3 cm³/mol. The molecule has 0 amide bonds. The van der Waals surface area contributed by atoms with E-state index >= 15 is 0 Å². The lowest BCUT2D eigenvalue weighted by Crippen LogP contribution is -2.31. The second-order valence-electron chi connectivity index (χ2n) is 5.13. The number of nitrogens with one attached hydrogen (secondary N) is 1. The van der Waals surface area contributed by atoms with Crippen LogP contribution >= 0.6 is 0 Å². The van der Waals surface area contributed by atoms with Crippen molar-refractivity contribution in [3.63, 3.8) is 0 Å². The molecular weight excluding hydrogens is 224 g/mol. The Hall–Kier alpha value is -1.32. The van der Waals surface area contributed by atoms with Crippen molar-refractivity contribution in [3.8, 4) is 0 Å². The predicted octanol–water partition coefficient (Wildman–Crippen LogP) is 2.75. The van der Waals surface area contributed by atoms with Crippen LogP contribution in [0.2, 0.25) is 0 Å². The number of benzene rings is 1. The van der Waals surface area contributed by atoms with Crippen LogP contribution < -0.4 is 11.1 Å². The molecule has 18 heavy (non-hydrogen) atoms. The standard InChI is InChI=1S/C15H22N2O/c1-11(2)12(7-16)8-17-9-13-10-18-15-6-4-3-5-14(13)15/h3-6,10-12,17H,7-9,16H2,1-2H3. The summed E-state index contributed by atoms with van der Waals surface area (Å²) in [5, 5.41) is 4.67. The molecule has 1 atom stereocenters. The molecule has 0 saturated carbocycles. The van der Waals surface area contributed by atoms with E-state index in [0.717, 1.165) is 25.2 Å². The first-order valence-electron chi connectivity index (χ1n) is 6.58. The van der Waals surface area contributed by atoms with Gasteiger partial charge >= 0.3 is 0 Å². The van der Waals surface area contributed by atoms with Crippen LogP contribution in [0, 0.1) is 11.8 Å². The molecule has 3 N–H and O–H groups in total. The highest BCUT2D eigenvalue weighted by atomic mass is 16.3. The Labute approximate surface area is 108 Å². The van der Waals surface area contributed by atoms with E-state index < -0.39 is 0 Å². The van der Waals surface area contributed by atoms with E-state index in [-0.39, 0.29) is 0 Å². The fourth-order valence-corrected chi connectivity index (χ4v) is 2.15. The van der Waals surface area contributed by atoms with Crippen LogP contribution in [0.4, 0.5) is 0 Å². The van der Waals surface area contributed by atoms with E-state index in [1.54, 1.807) is 0 Å². The molecule has 0 bridgehead atoms. The van der Waals surface area contributed by atoms with Gasteiger partial charge in [0.1, 0.15) is 5.58 Å². The number of para-hydroxylation sites is 1. The molecule has 3 heteroatoms. The molecule has 0 fully saturated rings. The van der Waals surface area contributed by atoms with Gasteiger partial charge in [-0.1, -0.05) is 32.0 Å². The summed E-state index contributed by atoms with van der Waals surface area (Å²) in [5.74, 6) is 1.15. The molecule has 1 unspecified atom stereocenters. The van der Waals surface area contributed by atoms with Crippen molar-refractivity contribution in [2.24, 2.45) is 17.6 Å². The summed E-state index contributed by atoms with van der Waals surface area (Å²) in [7, 11) is 0. The minimum Gasteiger partial charge on any atom is -0.464 e. The number of furan rings is 1. The van der Waals surface area contributed by atoms with Crippen LogP contribution in [0.15, 0.2) is 34.9 Å². The summed E-state index contributed by atoms with van der Waals surface area (Å²) >= 11 is 0. The van der Waals surface area contributed by atoms with Crippen molar-refractivity contribution >= 4 is 11.0 Å². The van der Waals surface area contributed by atoms with Crippen LogP contribution in [0.1, 0.15) is 19.4 Å². The monoisotopic (exact) mass is 246 g/mol. The molecule has 3 nitrogen and oxygen atoms in total. The van der Waals surface area contributed by atoms with Gasteiger partial charge in [-0.05, 0) is 31.0 Å². The smallest absolute Gasteiger partial charge is 0.134 e. The first-order valence-corrected chi connectivity index (χ1v) is 6.58. The summed E-state index contributed by atoms with van der Waals surface area (Å²) < 4.78 is 5.52. The van der Waals surface area contributed by atoms with Crippen molar-refractivity contribution in [2.75, 3.05) is 13.1 Å². The Morgan fingerprint density at radius 3 is 2.78 bits per heavy atom. The summed E-state index contributed by atoms with van der Waals surface area (Å²) in [5.41, 5.74) is 7.93. The zero-order valence-electron chi connectivity index (χ0n) is 11.1. The molecule has 0 saturated heterocycles. The quantitative estimate of drug-likeness (QED) is 0.824. The molecule has 0 aliphatic carbocycles. The second-order valence-corrected chi connectivity index (χ2v) is 5.13. The highest BCUT2D eigenvalue weighted by Gasteiger charge is 2.11. The van der Waals surface area contributed by atoms with E-state index in [0.29, 0.717) is 11.8 Å². The Bertz CT molecular complexity index is 490. The van der Waals surface area contributed by atoms with Crippen molar-refractivity contribution in [3.05, 3.63) is 36.1 Å². The van der Waals surface area contributed by atoms with E-state index in [1.807, 2.05) is 24.5 Å². The zero-order valence-corrected chi connectivity index (χ0v) is 11.1. The molecule has 0 aliphatic heterocycles. The van der Waals surface area contributed by atoms with E-state index in [1.165, 1.54) is 10.9 Å². The molecule has 98 valence electrons. The lowest BCUT2D eigenvalue weighted by atomic mass is 9.96. The van der Waals surface area contributed by atoms with Gasteiger partial charge in [-0.15, -0.1) is 0 Å². The Morgan fingerprint density at radius 1 is 1.28 bits per heavy atom. The van der Waals surface area contributed by atoms with Crippen LogP contribution in [0.5, 0.6) is 0 Å². The molecular formula is C15H22N2O. The summed E-state index contributed by atoms with van der Waals surface area (Å²) in [6.07, 6.45) is 1.84. The van der Waals surface area contributed by atoms with Gasteiger partial charge in [-0.25, -0.2) is 0 Å². The molecule has 2 rings (SSSR count). The fourth-order valence-electron chi connectivity index (χ4n) is 2.15. The maximum atomic E-state index is 5.77. The minimum absolute atomic E-state index is 0.531. The third-order valence-electron chi connectivity index (χ3n) is 3.53. The molecule has 1 aromatic heterocycles. The number of rotatable bonds is 6. The summed E-state index contributed by atoms with van der Waals surface area (Å²) in [6.45, 7) is 6.95. The highest BCUT2D eigenvalue weighted by molar-refractivity contribution is 5.80. The number of fused-ring (bicyclic) bond motifs is 1. The summed E-state index contributed by atoms with van der Waals surface area (Å²) in [4.78, 5) is 0. The van der Waals surface area contributed by atoms with Gasteiger partial charge in [0.15, 0.2) is 0 Å². The number of hydrogen-bond acceptors (Lipinski definition) is 3. The Morgan fingerprint density at radius 2 is 2.06 bits per heavy atom. The second kappa shape index (κ2) is 6.03. The third-order valence-corrected chi connectivity index (χ3v) is 3.53. The number of hydrogen-bond donors (Lipinski definition) is 2. The van der Waals surface area contributed by atoms with E-state index in [4.69, 9.17) is 10.2 Å². The lowest BCUT2D eigenvalue weighted by Gasteiger charge is -2.19. The molecule has 1 heterocycles. The maximum Gasteiger partial charge on any atom is 0.134 e. The van der Waals surface area contributed by atoms with Gasteiger partial charge in [-0.2, -0.15) is 0 Å².